The third-order valence-electron chi connectivity index (χ3n) is 3.01. The Morgan fingerprint density at radius 1 is 1.42 bits per heavy atom. The second-order valence-electron chi connectivity index (χ2n) is 4.79. The van der Waals surface area contributed by atoms with Crippen molar-refractivity contribution in [2.45, 2.75) is 32.7 Å². The molecule has 0 aromatic carbocycles. The summed E-state index contributed by atoms with van der Waals surface area (Å²) in [6.45, 7) is 4.85. The van der Waals surface area contributed by atoms with E-state index < -0.39 is 10.2 Å². The van der Waals surface area contributed by atoms with E-state index in [4.69, 9.17) is 5.26 Å². The Hall–Kier alpha value is -1.59. The number of nitriles is 1. The fourth-order valence-corrected chi connectivity index (χ4v) is 3.19. The zero-order chi connectivity index (χ0) is 14.0. The van der Waals surface area contributed by atoms with E-state index in [0.29, 0.717) is 13.1 Å². The smallest absolute Gasteiger partial charge is 0.267 e. The number of hydrogen-bond donors (Lipinski definition) is 1. The number of hydrogen-bond acceptors (Lipinski definition) is 4. The summed E-state index contributed by atoms with van der Waals surface area (Å²) in [6.07, 6.45) is 3.28. The topological polar surface area (TPSA) is 91.0 Å². The number of anilines is 1. The molecule has 1 fully saturated rings. The molecule has 2 heterocycles. The van der Waals surface area contributed by atoms with Crippen molar-refractivity contribution in [1.29, 1.82) is 5.26 Å². The lowest BCUT2D eigenvalue weighted by molar-refractivity contribution is 0.482. The first-order valence-corrected chi connectivity index (χ1v) is 7.65. The van der Waals surface area contributed by atoms with Crippen LogP contribution in [0.15, 0.2) is 6.20 Å². The molecule has 1 aromatic rings. The van der Waals surface area contributed by atoms with Gasteiger partial charge in [0, 0.05) is 25.3 Å². The largest absolute Gasteiger partial charge is 0.302 e. The highest BCUT2D eigenvalue weighted by atomic mass is 32.2. The molecule has 0 saturated carbocycles. The summed E-state index contributed by atoms with van der Waals surface area (Å²) in [7, 11) is -3.60. The molecule has 8 heteroatoms. The second-order valence-corrected chi connectivity index (χ2v) is 6.46. The van der Waals surface area contributed by atoms with Gasteiger partial charge in [0.2, 0.25) is 0 Å². The lowest BCUT2D eigenvalue weighted by Crippen LogP contribution is -2.33. The van der Waals surface area contributed by atoms with Crippen molar-refractivity contribution in [1.82, 2.24) is 14.1 Å². The molecule has 1 N–H and O–H groups in total. The maximum Gasteiger partial charge on any atom is 0.302 e. The van der Waals surface area contributed by atoms with Crippen LogP contribution in [-0.4, -0.2) is 35.6 Å². The third-order valence-corrected chi connectivity index (χ3v) is 4.51. The quantitative estimate of drug-likeness (QED) is 0.895. The van der Waals surface area contributed by atoms with Crippen molar-refractivity contribution in [3.8, 4) is 6.07 Å². The van der Waals surface area contributed by atoms with Crippen molar-refractivity contribution < 1.29 is 8.42 Å². The fraction of sp³-hybridized carbons (Fsp3) is 0.636. The van der Waals surface area contributed by atoms with Crippen LogP contribution < -0.4 is 4.72 Å². The summed E-state index contributed by atoms with van der Waals surface area (Å²) < 4.78 is 29.6. The first-order valence-electron chi connectivity index (χ1n) is 6.21. The van der Waals surface area contributed by atoms with Gasteiger partial charge < -0.3 is 0 Å². The molecule has 2 rings (SSSR count). The van der Waals surface area contributed by atoms with Crippen molar-refractivity contribution in [2.75, 3.05) is 17.8 Å². The van der Waals surface area contributed by atoms with E-state index in [0.717, 1.165) is 12.8 Å². The normalized spacial score (nSPS) is 16.7. The van der Waals surface area contributed by atoms with Crippen LogP contribution in [0.3, 0.4) is 0 Å². The molecular weight excluding hydrogens is 266 g/mol. The van der Waals surface area contributed by atoms with E-state index >= 15 is 0 Å². The molecule has 19 heavy (non-hydrogen) atoms. The maximum absolute atomic E-state index is 12.1. The number of nitrogens with zero attached hydrogens (tertiary/aromatic N) is 4. The predicted molar refractivity (Wildman–Crippen MR) is 70.7 cm³/mol. The molecule has 0 radical (unpaired) electrons. The summed E-state index contributed by atoms with van der Waals surface area (Å²) in [5, 5.41) is 13.1. The van der Waals surface area contributed by atoms with E-state index in [-0.39, 0.29) is 17.4 Å². The summed E-state index contributed by atoms with van der Waals surface area (Å²) in [4.78, 5) is 0. The monoisotopic (exact) mass is 283 g/mol. The number of rotatable bonds is 4. The van der Waals surface area contributed by atoms with Gasteiger partial charge in [-0.1, -0.05) is 0 Å². The lowest BCUT2D eigenvalue weighted by Gasteiger charge is -2.15. The zero-order valence-corrected chi connectivity index (χ0v) is 11.8. The van der Waals surface area contributed by atoms with Gasteiger partial charge in [-0.05, 0) is 26.7 Å². The van der Waals surface area contributed by atoms with Crippen LogP contribution in [0.1, 0.15) is 38.3 Å². The van der Waals surface area contributed by atoms with Crippen LogP contribution in [0.2, 0.25) is 0 Å². The average molecular weight is 283 g/mol. The van der Waals surface area contributed by atoms with Gasteiger partial charge in [0.15, 0.2) is 5.82 Å². The highest BCUT2D eigenvalue weighted by Crippen LogP contribution is 2.19. The molecular formula is C11H17N5O2S. The van der Waals surface area contributed by atoms with Crippen molar-refractivity contribution in [3.05, 3.63) is 11.8 Å². The van der Waals surface area contributed by atoms with Crippen LogP contribution in [0.4, 0.5) is 5.82 Å². The Labute approximate surface area is 113 Å². The summed E-state index contributed by atoms with van der Waals surface area (Å²) >= 11 is 0. The summed E-state index contributed by atoms with van der Waals surface area (Å²) in [5.41, 5.74) is 0.233. The van der Waals surface area contributed by atoms with Crippen molar-refractivity contribution in [2.24, 2.45) is 0 Å². The van der Waals surface area contributed by atoms with Crippen LogP contribution >= 0.6 is 0 Å². The molecule has 0 bridgehead atoms. The van der Waals surface area contributed by atoms with Crippen molar-refractivity contribution in [3.63, 3.8) is 0 Å². The van der Waals surface area contributed by atoms with Crippen LogP contribution in [0.5, 0.6) is 0 Å². The van der Waals surface area contributed by atoms with Gasteiger partial charge in [-0.25, -0.2) is 0 Å². The molecule has 1 saturated heterocycles. The van der Waals surface area contributed by atoms with Gasteiger partial charge in [0.05, 0.1) is 0 Å². The molecule has 0 spiro atoms. The van der Waals surface area contributed by atoms with Crippen LogP contribution in [0.25, 0.3) is 0 Å². The van der Waals surface area contributed by atoms with Gasteiger partial charge in [0.25, 0.3) is 0 Å². The third kappa shape index (κ3) is 2.88. The van der Waals surface area contributed by atoms with E-state index in [1.54, 1.807) is 10.9 Å². The first-order chi connectivity index (χ1) is 8.94. The van der Waals surface area contributed by atoms with Crippen LogP contribution in [0, 0.1) is 11.3 Å². The van der Waals surface area contributed by atoms with E-state index in [1.807, 2.05) is 19.9 Å². The predicted octanol–water partition coefficient (Wildman–Crippen LogP) is 1.09. The molecule has 7 nitrogen and oxygen atoms in total. The Kier molecular flexibility index (Phi) is 3.78. The molecule has 1 aliphatic heterocycles. The van der Waals surface area contributed by atoms with Gasteiger partial charge >= 0.3 is 10.2 Å². The fourth-order valence-electron chi connectivity index (χ4n) is 1.93. The SMILES string of the molecule is CC(C)n1cc(C#N)c(NS(=O)(=O)N2CCCC2)n1. The minimum absolute atomic E-state index is 0.0668. The average Bonchev–Trinajstić information content (AvgIpc) is 2.96. The molecule has 1 aliphatic rings. The van der Waals surface area contributed by atoms with Crippen molar-refractivity contribution >= 4 is 16.0 Å². The van der Waals surface area contributed by atoms with Gasteiger partial charge in [-0.2, -0.15) is 23.1 Å². The van der Waals surface area contributed by atoms with Crippen LogP contribution in [-0.2, 0) is 10.2 Å². The first kappa shape index (κ1) is 13.8. The molecule has 0 aliphatic carbocycles. The summed E-state index contributed by atoms with van der Waals surface area (Å²) in [5.74, 6) is 0.100. The molecule has 0 amide bonds. The van der Waals surface area contributed by atoms with E-state index in [9.17, 15) is 8.42 Å². The minimum atomic E-state index is -3.60. The van der Waals surface area contributed by atoms with E-state index in [2.05, 4.69) is 9.82 Å². The van der Waals surface area contributed by atoms with Gasteiger partial charge in [0.1, 0.15) is 11.6 Å². The maximum atomic E-state index is 12.1. The van der Waals surface area contributed by atoms with Gasteiger partial charge in [-0.15, -0.1) is 0 Å². The molecule has 1 aromatic heterocycles. The number of nitrogens with one attached hydrogen (secondary N) is 1. The Bertz CT molecular complexity index is 593. The molecule has 0 atom stereocenters. The Morgan fingerprint density at radius 2 is 2.05 bits per heavy atom. The lowest BCUT2D eigenvalue weighted by atomic mass is 10.3. The summed E-state index contributed by atoms with van der Waals surface area (Å²) in [6, 6.07) is 2.02. The van der Waals surface area contributed by atoms with Gasteiger partial charge in [-0.3, -0.25) is 9.40 Å². The standard InChI is InChI=1S/C11H17N5O2S/c1-9(2)16-8-10(7-12)11(13-16)14-19(17,18)15-5-3-4-6-15/h8-9H,3-6H2,1-2H3,(H,13,14). The second kappa shape index (κ2) is 5.19. The molecule has 104 valence electrons. The highest BCUT2D eigenvalue weighted by Gasteiger charge is 2.27. The zero-order valence-electron chi connectivity index (χ0n) is 11.0. The number of aromatic nitrogens is 2. The Balaban J connectivity index is 2.25. The highest BCUT2D eigenvalue weighted by molar-refractivity contribution is 7.90. The minimum Gasteiger partial charge on any atom is -0.267 e. The molecule has 0 unspecified atom stereocenters. The van der Waals surface area contributed by atoms with E-state index in [1.165, 1.54) is 4.31 Å². The Morgan fingerprint density at radius 3 is 2.58 bits per heavy atom.